The lowest BCUT2D eigenvalue weighted by atomic mass is 9.76. The Hall–Kier alpha value is -3.40. The molecule has 0 unspecified atom stereocenters. The van der Waals surface area contributed by atoms with Crippen LogP contribution in [-0.2, 0) is 17.6 Å². The minimum Gasteiger partial charge on any atom is -0.361 e. The first-order valence-corrected chi connectivity index (χ1v) is 8.97. The van der Waals surface area contributed by atoms with Gasteiger partial charge >= 0.3 is 0 Å². The molecule has 1 amide bonds. The third-order valence-electron chi connectivity index (χ3n) is 5.00. The Bertz CT molecular complexity index is 941. The van der Waals surface area contributed by atoms with Crippen LogP contribution in [0.2, 0.25) is 0 Å². The Labute approximate surface area is 163 Å². The predicted octanol–water partition coefficient (Wildman–Crippen LogP) is 3.83. The zero-order valence-electron chi connectivity index (χ0n) is 16.4. The molecule has 3 aromatic rings. The monoisotopic (exact) mass is 378 g/mol. The number of para-hydroxylation sites is 1. The molecule has 0 aliphatic carbocycles. The van der Waals surface area contributed by atoms with Crippen molar-refractivity contribution in [1.82, 2.24) is 10.3 Å². The van der Waals surface area contributed by atoms with Gasteiger partial charge in [-0.3, -0.25) is 4.79 Å². The summed E-state index contributed by atoms with van der Waals surface area (Å²) in [7, 11) is 0. The van der Waals surface area contributed by atoms with E-state index in [-0.39, 0.29) is 18.7 Å². The predicted molar refractivity (Wildman–Crippen MR) is 102 cm³/mol. The molecule has 0 spiro atoms. The molecule has 0 atom stereocenters. The smallest absolute Gasteiger partial charge is 0.245 e. The number of hydrogen-bond donors (Lipinski definition) is 1. The molecular weight excluding hydrogens is 356 g/mol. The van der Waals surface area contributed by atoms with Gasteiger partial charge in [-0.25, -0.2) is 0 Å². The number of aryl methyl sites for hydroxylation is 4. The van der Waals surface area contributed by atoms with Crippen LogP contribution in [0.1, 0.15) is 34.0 Å². The molecule has 0 radical (unpaired) electrons. The number of hydrogen-bond acceptors (Lipinski definition) is 6. The second kappa shape index (κ2) is 7.69. The first-order valence-electron chi connectivity index (χ1n) is 8.97. The summed E-state index contributed by atoms with van der Waals surface area (Å²) in [6.07, 6.45) is 0.348. The molecule has 0 aliphatic heterocycles. The van der Waals surface area contributed by atoms with Crippen LogP contribution >= 0.6 is 0 Å². The van der Waals surface area contributed by atoms with Gasteiger partial charge < -0.3 is 14.4 Å². The van der Waals surface area contributed by atoms with Crippen LogP contribution in [0.5, 0.6) is 0 Å². The van der Waals surface area contributed by atoms with E-state index in [0.29, 0.717) is 28.6 Å². The van der Waals surface area contributed by atoms with Gasteiger partial charge in [-0.15, -0.1) is 0 Å². The Balaban J connectivity index is 2.03. The van der Waals surface area contributed by atoms with Crippen LogP contribution in [0.4, 0.5) is 5.69 Å². The van der Waals surface area contributed by atoms with E-state index in [9.17, 15) is 10.1 Å². The van der Waals surface area contributed by atoms with Crippen LogP contribution in [0.25, 0.3) is 0 Å². The van der Waals surface area contributed by atoms with Crippen LogP contribution < -0.4 is 5.32 Å². The molecule has 3 rings (SSSR count). The Morgan fingerprint density at radius 3 is 1.89 bits per heavy atom. The highest BCUT2D eigenvalue weighted by Gasteiger charge is 2.42. The fourth-order valence-electron chi connectivity index (χ4n) is 3.24. The topological polar surface area (TPSA) is 105 Å². The normalized spacial score (nSPS) is 11.2. The van der Waals surface area contributed by atoms with E-state index in [0.717, 1.165) is 11.1 Å². The fourth-order valence-corrected chi connectivity index (χ4v) is 3.24. The second-order valence-electron chi connectivity index (χ2n) is 6.97. The molecule has 7 heteroatoms. The Morgan fingerprint density at radius 2 is 1.50 bits per heavy atom. The zero-order chi connectivity index (χ0) is 20.3. The molecule has 1 aromatic carbocycles. The number of nitrogens with zero attached hydrogens (tertiary/aromatic N) is 3. The second-order valence-corrected chi connectivity index (χ2v) is 6.97. The van der Waals surface area contributed by atoms with Crippen molar-refractivity contribution >= 4 is 11.6 Å². The Morgan fingerprint density at radius 1 is 1.00 bits per heavy atom. The number of nitriles is 1. The first-order chi connectivity index (χ1) is 13.4. The number of nitrogens with one attached hydrogen (secondary N) is 1. The molecule has 2 heterocycles. The van der Waals surface area contributed by atoms with E-state index in [1.54, 1.807) is 39.8 Å². The number of rotatable bonds is 6. The minimum absolute atomic E-state index is 0.174. The van der Waals surface area contributed by atoms with Crippen molar-refractivity contribution < 1.29 is 13.8 Å². The molecule has 2 aromatic heterocycles. The average molecular weight is 378 g/mol. The van der Waals surface area contributed by atoms with Crippen molar-refractivity contribution in [3.63, 3.8) is 0 Å². The van der Waals surface area contributed by atoms with Crippen molar-refractivity contribution in [2.75, 3.05) is 5.32 Å². The van der Waals surface area contributed by atoms with Gasteiger partial charge in [0, 0.05) is 29.7 Å². The molecule has 28 heavy (non-hydrogen) atoms. The van der Waals surface area contributed by atoms with Crippen molar-refractivity contribution in [3.8, 4) is 6.07 Å². The van der Waals surface area contributed by atoms with E-state index in [1.807, 2.05) is 18.2 Å². The van der Waals surface area contributed by atoms with E-state index in [4.69, 9.17) is 9.05 Å². The van der Waals surface area contributed by atoms with Crippen LogP contribution in [0.15, 0.2) is 39.4 Å². The lowest BCUT2D eigenvalue weighted by molar-refractivity contribution is -0.122. The molecule has 1 N–H and O–H groups in total. The number of anilines is 1. The fraction of sp³-hybridized carbons (Fsp3) is 0.333. The summed E-state index contributed by atoms with van der Waals surface area (Å²) in [4.78, 5) is 13.3. The summed E-state index contributed by atoms with van der Waals surface area (Å²) in [5, 5.41) is 21.0. The maximum absolute atomic E-state index is 13.3. The van der Waals surface area contributed by atoms with Crippen molar-refractivity contribution in [2.45, 2.75) is 40.5 Å². The lowest BCUT2D eigenvalue weighted by Crippen LogP contribution is -2.39. The highest BCUT2D eigenvalue weighted by molar-refractivity contribution is 5.97. The summed E-state index contributed by atoms with van der Waals surface area (Å²) in [5.41, 5.74) is 2.11. The highest BCUT2D eigenvalue weighted by atomic mass is 16.5. The number of benzene rings is 1. The highest BCUT2D eigenvalue weighted by Crippen LogP contribution is 2.33. The molecule has 0 saturated heterocycles. The summed E-state index contributed by atoms with van der Waals surface area (Å²) in [5.74, 6) is 0.813. The zero-order valence-corrected chi connectivity index (χ0v) is 16.4. The lowest BCUT2D eigenvalue weighted by Gasteiger charge is -2.25. The van der Waals surface area contributed by atoms with E-state index in [1.165, 1.54) is 0 Å². The van der Waals surface area contributed by atoms with Gasteiger partial charge in [0.1, 0.15) is 16.9 Å². The molecule has 0 fully saturated rings. The third-order valence-corrected chi connectivity index (χ3v) is 5.00. The summed E-state index contributed by atoms with van der Waals surface area (Å²) < 4.78 is 10.5. The molecule has 144 valence electrons. The number of carbonyl (C=O) groups excluding carboxylic acids is 1. The summed E-state index contributed by atoms with van der Waals surface area (Å²) >= 11 is 0. The average Bonchev–Trinajstić information content (AvgIpc) is 3.17. The van der Waals surface area contributed by atoms with E-state index >= 15 is 0 Å². The summed E-state index contributed by atoms with van der Waals surface area (Å²) in [6.45, 7) is 7.17. The number of aromatic nitrogens is 2. The van der Waals surface area contributed by atoms with Gasteiger partial charge in [-0.05, 0) is 39.8 Å². The van der Waals surface area contributed by atoms with Gasteiger partial charge in [-0.1, -0.05) is 28.5 Å². The molecule has 7 nitrogen and oxygen atoms in total. The maximum atomic E-state index is 13.3. The molecular formula is C21H22N4O3. The van der Waals surface area contributed by atoms with Crippen LogP contribution in [0, 0.1) is 44.4 Å². The molecule has 0 saturated carbocycles. The van der Waals surface area contributed by atoms with Gasteiger partial charge in [0.05, 0.1) is 17.5 Å². The van der Waals surface area contributed by atoms with Crippen LogP contribution in [0.3, 0.4) is 0 Å². The maximum Gasteiger partial charge on any atom is 0.245 e. The molecule has 0 bridgehead atoms. The first kappa shape index (κ1) is 19.4. The van der Waals surface area contributed by atoms with Gasteiger partial charge in [-0.2, -0.15) is 5.26 Å². The van der Waals surface area contributed by atoms with E-state index in [2.05, 4.69) is 21.7 Å². The SMILES string of the molecule is Cc1noc(C)c1CC(C#N)(Cc1c(C)noc1C)C(=O)Nc1ccccc1. The van der Waals surface area contributed by atoms with Crippen molar-refractivity contribution in [3.05, 3.63) is 64.4 Å². The van der Waals surface area contributed by atoms with Gasteiger partial charge in [0.25, 0.3) is 0 Å². The van der Waals surface area contributed by atoms with E-state index < -0.39 is 5.41 Å². The van der Waals surface area contributed by atoms with Crippen molar-refractivity contribution in [2.24, 2.45) is 5.41 Å². The standard InChI is InChI=1S/C21H22N4O3/c1-13-18(15(3)27-24-13)10-21(12-22,11-19-14(2)25-28-16(19)4)20(26)23-17-8-6-5-7-9-17/h5-9H,10-11H2,1-4H3,(H,23,26). The quantitative estimate of drug-likeness (QED) is 0.699. The molecule has 0 aliphatic rings. The van der Waals surface area contributed by atoms with Crippen molar-refractivity contribution in [1.29, 1.82) is 5.26 Å². The summed E-state index contributed by atoms with van der Waals surface area (Å²) in [6, 6.07) is 11.4. The number of carbonyl (C=O) groups is 1. The number of amides is 1. The van der Waals surface area contributed by atoms with Crippen LogP contribution in [-0.4, -0.2) is 16.2 Å². The third kappa shape index (κ3) is 3.67. The van der Waals surface area contributed by atoms with Gasteiger partial charge in [0.15, 0.2) is 0 Å². The van der Waals surface area contributed by atoms with Gasteiger partial charge in [0.2, 0.25) is 5.91 Å². The Kier molecular flexibility index (Phi) is 5.32. The minimum atomic E-state index is -1.38. The largest absolute Gasteiger partial charge is 0.361 e.